The Hall–Kier alpha value is -2.12. The highest BCUT2D eigenvalue weighted by Gasteiger charge is 2.39. The Morgan fingerprint density at radius 3 is 2.67 bits per heavy atom. The van der Waals surface area contributed by atoms with Crippen molar-refractivity contribution in [1.82, 2.24) is 4.98 Å². The van der Waals surface area contributed by atoms with Gasteiger partial charge in [0, 0.05) is 6.20 Å². The number of halogens is 3. The van der Waals surface area contributed by atoms with Crippen molar-refractivity contribution in [3.8, 4) is 0 Å². The first-order chi connectivity index (χ1) is 8.36. The van der Waals surface area contributed by atoms with Crippen molar-refractivity contribution in [3.05, 3.63) is 23.9 Å². The molecular formula is C10H9F3N2O3. The number of pyridine rings is 1. The van der Waals surface area contributed by atoms with Crippen molar-refractivity contribution < 1.29 is 27.5 Å². The fourth-order valence-electron chi connectivity index (χ4n) is 1.06. The maximum Gasteiger partial charge on any atom is 0.471 e. The molecule has 0 spiro atoms. The lowest BCUT2D eigenvalue weighted by Crippen LogP contribution is -2.31. The van der Waals surface area contributed by atoms with Gasteiger partial charge in [0.15, 0.2) is 0 Å². The molecular weight excluding hydrogens is 253 g/mol. The average Bonchev–Trinajstić information content (AvgIpc) is 2.28. The third-order valence-electron chi connectivity index (χ3n) is 1.79. The van der Waals surface area contributed by atoms with Gasteiger partial charge in [-0.1, -0.05) is 0 Å². The maximum absolute atomic E-state index is 12.1. The van der Waals surface area contributed by atoms with Crippen LogP contribution in [-0.4, -0.2) is 29.6 Å². The highest BCUT2D eigenvalue weighted by atomic mass is 19.4. The van der Waals surface area contributed by atoms with Crippen LogP contribution in [0.1, 0.15) is 17.3 Å². The van der Waals surface area contributed by atoms with E-state index in [-0.39, 0.29) is 12.2 Å². The van der Waals surface area contributed by atoms with Gasteiger partial charge in [-0.3, -0.25) is 4.79 Å². The highest BCUT2D eigenvalue weighted by molar-refractivity contribution is 6.01. The van der Waals surface area contributed by atoms with Gasteiger partial charge in [-0.2, -0.15) is 13.2 Å². The Balaban J connectivity index is 2.96. The first-order valence-electron chi connectivity index (χ1n) is 4.86. The average molecular weight is 262 g/mol. The number of carbonyl (C=O) groups is 2. The van der Waals surface area contributed by atoms with E-state index < -0.39 is 23.9 Å². The van der Waals surface area contributed by atoms with Gasteiger partial charge >= 0.3 is 18.1 Å². The quantitative estimate of drug-likeness (QED) is 0.843. The summed E-state index contributed by atoms with van der Waals surface area (Å²) in [6, 6.07) is 2.55. The zero-order valence-electron chi connectivity index (χ0n) is 9.25. The lowest BCUT2D eigenvalue weighted by molar-refractivity contribution is -0.167. The van der Waals surface area contributed by atoms with Gasteiger partial charge in [-0.25, -0.2) is 9.78 Å². The number of amides is 1. The third kappa shape index (κ3) is 3.44. The molecule has 8 heteroatoms. The van der Waals surface area contributed by atoms with Gasteiger partial charge in [0.1, 0.15) is 11.4 Å². The predicted octanol–water partition coefficient (Wildman–Crippen LogP) is 1.76. The van der Waals surface area contributed by atoms with Gasteiger partial charge < -0.3 is 10.1 Å². The number of nitrogens with zero attached hydrogens (tertiary/aromatic N) is 1. The summed E-state index contributed by atoms with van der Waals surface area (Å²) in [7, 11) is 0. The number of ether oxygens (including phenoxy) is 1. The Kier molecular flexibility index (Phi) is 4.24. The normalized spacial score (nSPS) is 10.9. The second-order valence-corrected chi connectivity index (χ2v) is 3.07. The van der Waals surface area contributed by atoms with Gasteiger partial charge in [0.2, 0.25) is 0 Å². The zero-order valence-corrected chi connectivity index (χ0v) is 9.25. The molecule has 0 unspecified atom stereocenters. The van der Waals surface area contributed by atoms with E-state index in [1.54, 1.807) is 6.92 Å². The van der Waals surface area contributed by atoms with E-state index in [1.807, 2.05) is 0 Å². The van der Waals surface area contributed by atoms with Crippen molar-refractivity contribution in [3.63, 3.8) is 0 Å². The number of esters is 1. The SMILES string of the molecule is CCOC(=O)c1cccnc1NC(=O)C(F)(F)F. The number of hydrogen-bond acceptors (Lipinski definition) is 4. The number of carbonyl (C=O) groups excluding carboxylic acids is 2. The number of hydrogen-bond donors (Lipinski definition) is 1. The fraction of sp³-hybridized carbons (Fsp3) is 0.300. The lowest BCUT2D eigenvalue weighted by Gasteiger charge is -2.10. The van der Waals surface area contributed by atoms with Crippen LogP contribution in [-0.2, 0) is 9.53 Å². The monoisotopic (exact) mass is 262 g/mol. The van der Waals surface area contributed by atoms with Gasteiger partial charge in [0.25, 0.3) is 0 Å². The minimum absolute atomic E-state index is 0.0559. The summed E-state index contributed by atoms with van der Waals surface area (Å²) in [5.41, 5.74) is -0.239. The Bertz CT molecular complexity index is 460. The van der Waals surface area contributed by atoms with E-state index in [0.29, 0.717) is 0 Å². The minimum atomic E-state index is -5.05. The van der Waals surface area contributed by atoms with Crippen molar-refractivity contribution in [1.29, 1.82) is 0 Å². The highest BCUT2D eigenvalue weighted by Crippen LogP contribution is 2.19. The largest absolute Gasteiger partial charge is 0.471 e. The standard InChI is InChI=1S/C10H9F3N2O3/c1-2-18-8(16)6-4-3-5-14-7(6)15-9(17)10(11,12)13/h3-5H,2H2,1H3,(H,14,15,17). The van der Waals surface area contributed by atoms with E-state index >= 15 is 0 Å². The fourth-order valence-corrected chi connectivity index (χ4v) is 1.06. The van der Waals surface area contributed by atoms with Crippen LogP contribution in [0.2, 0.25) is 0 Å². The summed E-state index contributed by atoms with van der Waals surface area (Å²) >= 11 is 0. The van der Waals surface area contributed by atoms with Crippen LogP contribution in [0.4, 0.5) is 19.0 Å². The van der Waals surface area contributed by atoms with Crippen molar-refractivity contribution >= 4 is 17.7 Å². The summed E-state index contributed by atoms with van der Waals surface area (Å²) in [5, 5.41) is 1.51. The van der Waals surface area contributed by atoms with Crippen LogP contribution in [0.15, 0.2) is 18.3 Å². The van der Waals surface area contributed by atoms with Crippen LogP contribution in [0, 0.1) is 0 Å². The first kappa shape index (κ1) is 13.9. The molecule has 1 heterocycles. The van der Waals surface area contributed by atoms with Crippen LogP contribution >= 0.6 is 0 Å². The Morgan fingerprint density at radius 2 is 2.11 bits per heavy atom. The van der Waals surface area contributed by atoms with Crippen LogP contribution in [0.3, 0.4) is 0 Å². The topological polar surface area (TPSA) is 68.3 Å². The Morgan fingerprint density at radius 1 is 1.44 bits per heavy atom. The minimum Gasteiger partial charge on any atom is -0.462 e. The number of nitrogens with one attached hydrogen (secondary N) is 1. The Labute approximate surface area is 100.0 Å². The molecule has 98 valence electrons. The zero-order chi connectivity index (χ0) is 13.8. The molecule has 0 aromatic carbocycles. The van der Waals surface area contributed by atoms with Crippen molar-refractivity contribution in [2.24, 2.45) is 0 Å². The summed E-state index contributed by atoms with van der Waals surface area (Å²) in [4.78, 5) is 25.6. The molecule has 0 aliphatic heterocycles. The lowest BCUT2D eigenvalue weighted by atomic mass is 10.2. The van der Waals surface area contributed by atoms with E-state index in [1.165, 1.54) is 17.4 Å². The van der Waals surface area contributed by atoms with E-state index in [9.17, 15) is 22.8 Å². The smallest absolute Gasteiger partial charge is 0.462 e. The summed E-state index contributed by atoms with van der Waals surface area (Å²) in [6.45, 7) is 1.60. The molecule has 0 saturated carbocycles. The molecule has 1 amide bonds. The van der Waals surface area contributed by atoms with Crippen molar-refractivity contribution in [2.45, 2.75) is 13.1 Å². The number of rotatable bonds is 3. The molecule has 18 heavy (non-hydrogen) atoms. The van der Waals surface area contributed by atoms with Crippen molar-refractivity contribution in [2.75, 3.05) is 11.9 Å². The molecule has 1 N–H and O–H groups in total. The third-order valence-corrected chi connectivity index (χ3v) is 1.79. The van der Waals surface area contributed by atoms with E-state index in [0.717, 1.165) is 6.20 Å². The molecule has 0 aliphatic rings. The number of alkyl halides is 3. The molecule has 0 fully saturated rings. The molecule has 0 radical (unpaired) electrons. The molecule has 5 nitrogen and oxygen atoms in total. The van der Waals surface area contributed by atoms with Crippen LogP contribution in [0.5, 0.6) is 0 Å². The number of aromatic nitrogens is 1. The molecule has 0 saturated heterocycles. The first-order valence-corrected chi connectivity index (χ1v) is 4.86. The molecule has 0 aliphatic carbocycles. The summed E-state index contributed by atoms with van der Waals surface area (Å²) in [6.07, 6.45) is -3.90. The second kappa shape index (κ2) is 5.48. The maximum atomic E-state index is 12.1. The van der Waals surface area contributed by atoms with Gasteiger partial charge in [-0.15, -0.1) is 0 Å². The predicted molar refractivity (Wildman–Crippen MR) is 54.9 cm³/mol. The molecule has 1 rings (SSSR count). The number of anilines is 1. The van der Waals surface area contributed by atoms with Crippen LogP contribution in [0.25, 0.3) is 0 Å². The molecule has 1 aromatic heterocycles. The summed E-state index contributed by atoms with van der Waals surface area (Å²) in [5.74, 6) is -3.55. The van der Waals surface area contributed by atoms with Crippen LogP contribution < -0.4 is 5.32 Å². The molecule has 0 atom stereocenters. The van der Waals surface area contributed by atoms with Gasteiger partial charge in [0.05, 0.1) is 6.61 Å². The van der Waals surface area contributed by atoms with E-state index in [4.69, 9.17) is 0 Å². The van der Waals surface area contributed by atoms with E-state index in [2.05, 4.69) is 9.72 Å². The molecule has 1 aromatic rings. The van der Waals surface area contributed by atoms with Gasteiger partial charge in [-0.05, 0) is 19.1 Å². The second-order valence-electron chi connectivity index (χ2n) is 3.07. The summed E-state index contributed by atoms with van der Waals surface area (Å²) < 4.78 is 40.8. The molecule has 0 bridgehead atoms.